The second kappa shape index (κ2) is 13.4. The minimum atomic E-state index is -0.490. The van der Waals surface area contributed by atoms with E-state index in [1.54, 1.807) is 44.4 Å². The van der Waals surface area contributed by atoms with E-state index in [0.717, 1.165) is 13.0 Å². The van der Waals surface area contributed by atoms with Gasteiger partial charge in [0.2, 0.25) is 0 Å². The van der Waals surface area contributed by atoms with Crippen LogP contribution in [0.25, 0.3) is 0 Å². The molecule has 4 aromatic heterocycles. The summed E-state index contributed by atoms with van der Waals surface area (Å²) >= 11 is 0. The molecule has 0 radical (unpaired) electrons. The lowest BCUT2D eigenvalue weighted by Gasteiger charge is -2.18. The number of nitrogen functional groups attached to an aromatic ring is 1. The molecule has 4 amide bonds. The fourth-order valence-corrected chi connectivity index (χ4v) is 4.64. The Kier molecular flexibility index (Phi) is 9.62. The Morgan fingerprint density at radius 3 is 1.51 bits per heavy atom. The second-order valence-electron chi connectivity index (χ2n) is 10.9. The number of aromatic amines is 4. The first-order valence-electron chi connectivity index (χ1n) is 14.1. The van der Waals surface area contributed by atoms with Crippen LogP contribution in [0.5, 0.6) is 0 Å². The van der Waals surface area contributed by atoms with Crippen molar-refractivity contribution >= 4 is 52.7 Å². The molecular formula is C30H38N10O5. The topological polar surface area (TPSA) is 191 Å². The van der Waals surface area contributed by atoms with Crippen LogP contribution in [-0.4, -0.2) is 115 Å². The minimum Gasteiger partial charge on any atom is -0.396 e. The molecule has 0 unspecified atom stereocenters. The summed E-state index contributed by atoms with van der Waals surface area (Å²) in [5, 5.41) is 0. The highest BCUT2D eigenvalue weighted by atomic mass is 16.2. The number of carbonyl (C=O) groups is 5. The van der Waals surface area contributed by atoms with Crippen LogP contribution in [0, 0.1) is 0 Å². The number of nitrogens with one attached hydrogen (secondary N) is 4. The standard InChI is InChI=1S/C30H38N10O5/c1-36(2)8-7-9-37(3)27(42)22-10-19(14-32-22)38(4)28(43)23-11-20(15-33-23)39(5)29(44)24-12-21(16-34-24)40(6)30(45)26-25(31)18(17-41)13-35-26/h10-17,32-35H,7-9,31H2,1-6H3. The van der Waals surface area contributed by atoms with E-state index < -0.39 is 11.8 Å². The minimum absolute atomic E-state index is 0.0427. The van der Waals surface area contributed by atoms with E-state index >= 15 is 0 Å². The molecule has 238 valence electrons. The summed E-state index contributed by atoms with van der Waals surface area (Å²) in [4.78, 5) is 82.5. The monoisotopic (exact) mass is 618 g/mol. The Morgan fingerprint density at radius 2 is 1.09 bits per heavy atom. The van der Waals surface area contributed by atoms with Gasteiger partial charge in [0, 0.05) is 59.5 Å². The van der Waals surface area contributed by atoms with E-state index in [9.17, 15) is 24.0 Å². The van der Waals surface area contributed by atoms with Crippen molar-refractivity contribution in [3.05, 3.63) is 71.3 Å². The highest BCUT2D eigenvalue weighted by molar-refractivity contribution is 6.11. The summed E-state index contributed by atoms with van der Waals surface area (Å²) in [5.41, 5.74) is 8.30. The summed E-state index contributed by atoms with van der Waals surface area (Å²) in [6, 6.07) is 4.68. The quantitative estimate of drug-likeness (QED) is 0.150. The SMILES string of the molecule is CN(C)CCCN(C)C(=O)c1cc(N(C)C(=O)c2cc(N(C)C(=O)c3cc(N(C)C(=O)c4[nH]cc(C=O)c4N)c[nH]3)c[nH]2)c[nH]1. The van der Waals surface area contributed by atoms with E-state index in [4.69, 9.17) is 5.73 Å². The van der Waals surface area contributed by atoms with Crippen LogP contribution in [0.15, 0.2) is 43.0 Å². The Bertz CT molecular complexity index is 1710. The van der Waals surface area contributed by atoms with Gasteiger partial charge in [0.25, 0.3) is 23.6 Å². The zero-order valence-corrected chi connectivity index (χ0v) is 26.1. The van der Waals surface area contributed by atoms with Crippen LogP contribution in [0.1, 0.15) is 58.7 Å². The number of aldehydes is 1. The number of amides is 4. The Hall–Kier alpha value is -5.57. The first kappa shape index (κ1) is 32.3. The highest BCUT2D eigenvalue weighted by Gasteiger charge is 2.24. The molecule has 0 atom stereocenters. The van der Waals surface area contributed by atoms with Gasteiger partial charge in [-0.1, -0.05) is 0 Å². The van der Waals surface area contributed by atoms with Crippen LogP contribution < -0.4 is 20.4 Å². The van der Waals surface area contributed by atoms with E-state index in [-0.39, 0.29) is 40.1 Å². The van der Waals surface area contributed by atoms with Crippen molar-refractivity contribution in [3.63, 3.8) is 0 Å². The maximum atomic E-state index is 13.2. The van der Waals surface area contributed by atoms with E-state index in [0.29, 0.717) is 35.6 Å². The van der Waals surface area contributed by atoms with Crippen molar-refractivity contribution < 1.29 is 24.0 Å². The fourth-order valence-electron chi connectivity index (χ4n) is 4.64. The molecule has 0 fully saturated rings. The molecular weight excluding hydrogens is 580 g/mol. The molecule has 45 heavy (non-hydrogen) atoms. The van der Waals surface area contributed by atoms with E-state index in [1.807, 2.05) is 14.1 Å². The van der Waals surface area contributed by atoms with Crippen molar-refractivity contribution in [2.24, 2.45) is 0 Å². The predicted octanol–water partition coefficient (Wildman–Crippen LogP) is 2.25. The van der Waals surface area contributed by atoms with Gasteiger partial charge in [-0.25, -0.2) is 0 Å². The average molecular weight is 619 g/mol. The molecule has 0 aliphatic rings. The third-order valence-corrected chi connectivity index (χ3v) is 7.51. The third-order valence-electron chi connectivity index (χ3n) is 7.51. The smallest absolute Gasteiger partial charge is 0.276 e. The third kappa shape index (κ3) is 6.83. The van der Waals surface area contributed by atoms with Gasteiger partial charge in [0.05, 0.1) is 28.3 Å². The molecule has 4 heterocycles. The van der Waals surface area contributed by atoms with Gasteiger partial charge in [-0.2, -0.15) is 0 Å². The normalized spacial score (nSPS) is 11.0. The molecule has 0 spiro atoms. The Morgan fingerprint density at radius 1 is 0.644 bits per heavy atom. The van der Waals surface area contributed by atoms with Crippen LogP contribution in [0.3, 0.4) is 0 Å². The summed E-state index contributed by atoms with van der Waals surface area (Å²) in [6.07, 6.45) is 7.36. The first-order valence-corrected chi connectivity index (χ1v) is 14.1. The molecule has 6 N–H and O–H groups in total. The molecule has 0 aromatic carbocycles. The number of H-pyrrole nitrogens is 4. The molecule has 15 heteroatoms. The molecule has 0 saturated carbocycles. The number of rotatable bonds is 12. The number of nitrogens with two attached hydrogens (primary N) is 1. The van der Waals surface area contributed by atoms with Crippen LogP contribution in [0.2, 0.25) is 0 Å². The maximum absolute atomic E-state index is 13.2. The van der Waals surface area contributed by atoms with Crippen LogP contribution >= 0.6 is 0 Å². The molecule has 0 aliphatic carbocycles. The fraction of sp³-hybridized carbons (Fsp3) is 0.300. The van der Waals surface area contributed by atoms with Gasteiger partial charge in [-0.05, 0) is 45.3 Å². The molecule has 0 bridgehead atoms. The lowest BCUT2D eigenvalue weighted by Crippen LogP contribution is -2.30. The highest BCUT2D eigenvalue weighted by Crippen LogP contribution is 2.24. The molecule has 0 saturated heterocycles. The predicted molar refractivity (Wildman–Crippen MR) is 171 cm³/mol. The van der Waals surface area contributed by atoms with Crippen molar-refractivity contribution in [1.82, 2.24) is 29.7 Å². The molecule has 15 nitrogen and oxygen atoms in total. The zero-order valence-electron chi connectivity index (χ0n) is 26.1. The summed E-state index contributed by atoms with van der Waals surface area (Å²) in [7, 11) is 10.4. The average Bonchev–Trinajstić information content (AvgIpc) is 3.84. The lowest BCUT2D eigenvalue weighted by atomic mass is 10.2. The number of nitrogens with zero attached hydrogens (tertiary/aromatic N) is 5. The van der Waals surface area contributed by atoms with Crippen molar-refractivity contribution in [2.45, 2.75) is 6.42 Å². The summed E-state index contributed by atoms with van der Waals surface area (Å²) in [5.74, 6) is -1.45. The Balaban J connectivity index is 1.40. The van der Waals surface area contributed by atoms with Gasteiger partial charge in [0.15, 0.2) is 6.29 Å². The number of anilines is 4. The molecule has 4 rings (SSSR count). The van der Waals surface area contributed by atoms with Gasteiger partial charge >= 0.3 is 0 Å². The van der Waals surface area contributed by atoms with Crippen molar-refractivity contribution in [3.8, 4) is 0 Å². The number of carbonyl (C=O) groups excluding carboxylic acids is 5. The van der Waals surface area contributed by atoms with Crippen molar-refractivity contribution in [1.29, 1.82) is 0 Å². The first-order chi connectivity index (χ1) is 21.3. The largest absolute Gasteiger partial charge is 0.396 e. The number of hydrogen-bond donors (Lipinski definition) is 5. The summed E-state index contributed by atoms with van der Waals surface area (Å²) < 4.78 is 0. The molecule has 4 aromatic rings. The Labute approximate surface area is 259 Å². The van der Waals surface area contributed by atoms with E-state index in [2.05, 4.69) is 24.8 Å². The molecule has 0 aliphatic heterocycles. The number of hydrogen-bond acceptors (Lipinski definition) is 7. The van der Waals surface area contributed by atoms with Gasteiger partial charge in [-0.3, -0.25) is 24.0 Å². The zero-order chi connectivity index (χ0) is 33.0. The van der Waals surface area contributed by atoms with Crippen LogP contribution in [-0.2, 0) is 0 Å². The van der Waals surface area contributed by atoms with Gasteiger partial charge in [-0.15, -0.1) is 0 Å². The summed E-state index contributed by atoms with van der Waals surface area (Å²) in [6.45, 7) is 1.46. The van der Waals surface area contributed by atoms with Gasteiger partial charge in [0.1, 0.15) is 22.8 Å². The van der Waals surface area contributed by atoms with Crippen LogP contribution in [0.4, 0.5) is 22.7 Å². The van der Waals surface area contributed by atoms with Gasteiger partial charge < -0.3 is 50.2 Å². The number of aromatic nitrogens is 4. The van der Waals surface area contributed by atoms with E-state index in [1.165, 1.54) is 46.4 Å². The van der Waals surface area contributed by atoms with Crippen molar-refractivity contribution in [2.75, 3.05) is 75.8 Å². The lowest BCUT2D eigenvalue weighted by molar-refractivity contribution is 0.0784. The second-order valence-corrected chi connectivity index (χ2v) is 10.9. The maximum Gasteiger partial charge on any atom is 0.276 e.